The van der Waals surface area contributed by atoms with Crippen molar-refractivity contribution in [1.82, 2.24) is 10.0 Å². The Bertz CT molecular complexity index is 555. The number of amides is 1. The molecule has 1 aromatic carbocycles. The van der Waals surface area contributed by atoms with Crippen LogP contribution in [0.1, 0.15) is 18.9 Å². The number of aryl methyl sites for hydroxylation is 1. The number of nitrogens with one attached hydrogen (secondary N) is 2. The van der Waals surface area contributed by atoms with Crippen LogP contribution in [0.5, 0.6) is 0 Å². The van der Waals surface area contributed by atoms with Gasteiger partial charge in [-0.1, -0.05) is 19.1 Å². The molecule has 0 spiro atoms. The molecular weight excluding hydrogens is 292 g/mol. The third-order valence-corrected chi connectivity index (χ3v) is 4.53. The van der Waals surface area contributed by atoms with Crippen LogP contribution in [0.4, 0.5) is 0 Å². The molecule has 0 unspecified atom stereocenters. The molecule has 3 N–H and O–H groups in total. The molecule has 0 radical (unpaired) electrons. The van der Waals surface area contributed by atoms with Crippen molar-refractivity contribution in [2.75, 3.05) is 20.2 Å². The highest BCUT2D eigenvalue weighted by molar-refractivity contribution is 7.89. The highest BCUT2D eigenvalue weighted by atomic mass is 32.2. The highest BCUT2D eigenvalue weighted by Crippen LogP contribution is 2.11. The molecule has 0 heterocycles. The molecule has 118 valence electrons. The predicted molar refractivity (Wildman–Crippen MR) is 80.3 cm³/mol. The summed E-state index contributed by atoms with van der Waals surface area (Å²) in [6.07, 6.45) is 0.871. The first-order valence-electron chi connectivity index (χ1n) is 6.79. The van der Waals surface area contributed by atoms with Crippen LogP contribution < -0.4 is 10.0 Å². The van der Waals surface area contributed by atoms with Crippen LogP contribution in [0, 0.1) is 5.92 Å². The summed E-state index contributed by atoms with van der Waals surface area (Å²) in [5.74, 6) is -0.0396. The summed E-state index contributed by atoms with van der Waals surface area (Å²) in [4.78, 5) is 11.8. The number of aliphatic hydroxyl groups is 1. The molecule has 0 saturated carbocycles. The minimum absolute atomic E-state index is 0.0417. The van der Waals surface area contributed by atoms with Crippen LogP contribution in [0.3, 0.4) is 0 Å². The van der Waals surface area contributed by atoms with Crippen molar-refractivity contribution in [2.24, 2.45) is 5.92 Å². The third kappa shape index (κ3) is 5.82. The Morgan fingerprint density at radius 3 is 2.43 bits per heavy atom. The fourth-order valence-corrected chi connectivity index (χ4v) is 2.38. The maximum Gasteiger partial charge on any atom is 0.240 e. The van der Waals surface area contributed by atoms with Crippen molar-refractivity contribution in [2.45, 2.75) is 24.7 Å². The van der Waals surface area contributed by atoms with E-state index in [1.807, 2.05) is 6.92 Å². The van der Waals surface area contributed by atoms with E-state index in [1.165, 1.54) is 19.2 Å². The predicted octanol–water partition coefficient (Wildman–Crippen LogP) is 0.272. The second-order valence-electron chi connectivity index (χ2n) is 4.94. The van der Waals surface area contributed by atoms with Crippen molar-refractivity contribution in [3.05, 3.63) is 29.8 Å². The van der Waals surface area contributed by atoms with Crippen molar-refractivity contribution in [3.8, 4) is 0 Å². The maximum atomic E-state index is 11.6. The average Bonchev–Trinajstić information content (AvgIpc) is 2.50. The molecule has 0 bridgehead atoms. The Morgan fingerprint density at radius 2 is 1.90 bits per heavy atom. The standard InChI is InChI=1S/C14H22N2O4S/c1-11(10-17)9-16-14(18)8-5-12-3-6-13(7-4-12)21(19,20)15-2/h3-4,6-7,11,15,17H,5,8-10H2,1-2H3,(H,16,18)/t11-/m0/s1. The molecule has 0 aliphatic heterocycles. The first-order valence-corrected chi connectivity index (χ1v) is 8.27. The molecule has 0 aliphatic rings. The van der Waals surface area contributed by atoms with Gasteiger partial charge in [-0.3, -0.25) is 4.79 Å². The van der Waals surface area contributed by atoms with Gasteiger partial charge in [0.05, 0.1) is 4.90 Å². The van der Waals surface area contributed by atoms with Gasteiger partial charge in [-0.2, -0.15) is 0 Å². The summed E-state index contributed by atoms with van der Waals surface area (Å²) in [6.45, 7) is 2.34. The zero-order chi connectivity index (χ0) is 15.9. The molecule has 1 rings (SSSR count). The van der Waals surface area contributed by atoms with Crippen LogP contribution in [0.25, 0.3) is 0 Å². The van der Waals surface area contributed by atoms with Gasteiger partial charge in [0.15, 0.2) is 0 Å². The van der Waals surface area contributed by atoms with Gasteiger partial charge < -0.3 is 10.4 Å². The molecule has 21 heavy (non-hydrogen) atoms. The molecule has 0 saturated heterocycles. The monoisotopic (exact) mass is 314 g/mol. The number of aliphatic hydroxyl groups excluding tert-OH is 1. The third-order valence-electron chi connectivity index (χ3n) is 3.10. The van der Waals surface area contributed by atoms with Crippen LogP contribution in [-0.4, -0.2) is 39.6 Å². The topological polar surface area (TPSA) is 95.5 Å². The smallest absolute Gasteiger partial charge is 0.240 e. The van der Waals surface area contributed by atoms with E-state index in [1.54, 1.807) is 12.1 Å². The fraction of sp³-hybridized carbons (Fsp3) is 0.500. The second-order valence-corrected chi connectivity index (χ2v) is 6.83. The average molecular weight is 314 g/mol. The first-order chi connectivity index (χ1) is 9.89. The summed E-state index contributed by atoms with van der Waals surface area (Å²) in [6, 6.07) is 6.45. The lowest BCUT2D eigenvalue weighted by atomic mass is 10.1. The zero-order valence-corrected chi connectivity index (χ0v) is 13.1. The molecular formula is C14H22N2O4S. The van der Waals surface area contributed by atoms with E-state index in [4.69, 9.17) is 5.11 Å². The van der Waals surface area contributed by atoms with Crippen molar-refractivity contribution >= 4 is 15.9 Å². The van der Waals surface area contributed by atoms with Crippen LogP contribution >= 0.6 is 0 Å². The maximum absolute atomic E-state index is 11.6. The van der Waals surface area contributed by atoms with Gasteiger partial charge in [0.2, 0.25) is 15.9 Å². The van der Waals surface area contributed by atoms with Gasteiger partial charge in [-0.05, 0) is 37.1 Å². The van der Waals surface area contributed by atoms with E-state index < -0.39 is 10.0 Å². The molecule has 1 aromatic rings. The van der Waals surface area contributed by atoms with Gasteiger partial charge in [0.25, 0.3) is 0 Å². The van der Waals surface area contributed by atoms with Gasteiger partial charge in [0, 0.05) is 19.6 Å². The number of carbonyl (C=O) groups excluding carboxylic acids is 1. The highest BCUT2D eigenvalue weighted by Gasteiger charge is 2.11. The largest absolute Gasteiger partial charge is 0.396 e. The first kappa shape index (κ1) is 17.6. The number of benzene rings is 1. The van der Waals surface area contributed by atoms with Gasteiger partial charge in [0.1, 0.15) is 0 Å². The Hall–Kier alpha value is -1.44. The Labute approximate surface area is 125 Å². The van der Waals surface area contributed by atoms with E-state index in [0.717, 1.165) is 5.56 Å². The van der Waals surface area contributed by atoms with Crippen LogP contribution in [0.2, 0.25) is 0 Å². The normalized spacial score (nSPS) is 12.9. The van der Waals surface area contributed by atoms with E-state index in [-0.39, 0.29) is 23.3 Å². The van der Waals surface area contributed by atoms with Gasteiger partial charge in [-0.25, -0.2) is 13.1 Å². The Balaban J connectivity index is 2.48. The zero-order valence-electron chi connectivity index (χ0n) is 12.3. The molecule has 0 aromatic heterocycles. The Kier molecular flexibility index (Phi) is 6.80. The van der Waals surface area contributed by atoms with Crippen molar-refractivity contribution in [3.63, 3.8) is 0 Å². The number of rotatable bonds is 8. The number of carbonyl (C=O) groups is 1. The molecule has 0 fully saturated rings. The summed E-state index contributed by atoms with van der Waals surface area (Å²) in [7, 11) is -2.06. The Morgan fingerprint density at radius 1 is 1.29 bits per heavy atom. The minimum Gasteiger partial charge on any atom is -0.396 e. The lowest BCUT2D eigenvalue weighted by Gasteiger charge is -2.09. The van der Waals surface area contributed by atoms with Crippen molar-refractivity contribution in [1.29, 1.82) is 0 Å². The van der Waals surface area contributed by atoms with E-state index in [9.17, 15) is 13.2 Å². The lowest BCUT2D eigenvalue weighted by molar-refractivity contribution is -0.121. The summed E-state index contributed by atoms with van der Waals surface area (Å²) < 4.78 is 25.4. The molecule has 1 atom stereocenters. The molecule has 1 amide bonds. The number of hydrogen-bond donors (Lipinski definition) is 3. The molecule has 7 heteroatoms. The summed E-state index contributed by atoms with van der Waals surface area (Å²) in [5.41, 5.74) is 0.899. The van der Waals surface area contributed by atoms with E-state index in [0.29, 0.717) is 19.4 Å². The molecule has 6 nitrogen and oxygen atoms in total. The van der Waals surface area contributed by atoms with Gasteiger partial charge in [-0.15, -0.1) is 0 Å². The van der Waals surface area contributed by atoms with E-state index in [2.05, 4.69) is 10.0 Å². The summed E-state index contributed by atoms with van der Waals surface area (Å²) in [5, 5.41) is 11.6. The van der Waals surface area contributed by atoms with E-state index >= 15 is 0 Å². The summed E-state index contributed by atoms with van der Waals surface area (Å²) >= 11 is 0. The van der Waals surface area contributed by atoms with Crippen molar-refractivity contribution < 1.29 is 18.3 Å². The molecule has 0 aliphatic carbocycles. The number of sulfonamides is 1. The minimum atomic E-state index is -3.42. The SMILES string of the molecule is CNS(=O)(=O)c1ccc(CCC(=O)NC[C@H](C)CO)cc1. The fourth-order valence-electron chi connectivity index (χ4n) is 1.65. The van der Waals surface area contributed by atoms with Crippen LogP contribution in [0.15, 0.2) is 29.2 Å². The van der Waals surface area contributed by atoms with Gasteiger partial charge >= 0.3 is 0 Å². The lowest BCUT2D eigenvalue weighted by Crippen LogP contribution is -2.29. The number of hydrogen-bond acceptors (Lipinski definition) is 4. The van der Waals surface area contributed by atoms with Crippen LogP contribution in [-0.2, 0) is 21.2 Å². The quantitative estimate of drug-likeness (QED) is 0.642. The second kappa shape index (κ2) is 8.11.